The molecule has 1 aromatic rings. The van der Waals surface area contributed by atoms with E-state index in [9.17, 15) is 18.0 Å². The van der Waals surface area contributed by atoms with E-state index in [-0.39, 0.29) is 17.3 Å². The first kappa shape index (κ1) is 14.1. The van der Waals surface area contributed by atoms with Gasteiger partial charge in [-0.05, 0) is 6.42 Å². The zero-order valence-corrected chi connectivity index (χ0v) is 9.93. The number of carbonyl (C=O) groups excluding carboxylic acids is 1. The van der Waals surface area contributed by atoms with Crippen molar-refractivity contribution in [3.63, 3.8) is 0 Å². The van der Waals surface area contributed by atoms with E-state index < -0.39 is 19.0 Å². The summed E-state index contributed by atoms with van der Waals surface area (Å²) in [6.07, 6.45) is -4.08. The van der Waals surface area contributed by atoms with Crippen LogP contribution in [0.4, 0.5) is 13.2 Å². The third kappa shape index (κ3) is 4.81. The quantitative estimate of drug-likeness (QED) is 0.779. The summed E-state index contributed by atoms with van der Waals surface area (Å²) in [4.78, 5) is 11.5. The second-order valence-corrected chi connectivity index (χ2v) is 4.54. The van der Waals surface area contributed by atoms with Crippen LogP contribution in [0.3, 0.4) is 0 Å². The average molecular weight is 262 g/mol. The lowest BCUT2D eigenvalue weighted by Gasteiger charge is -2.09. The SMILES string of the molecule is O=C(SCCC(F)C(F)CF)c1ccccc1. The Hall–Kier alpha value is -0.970. The fraction of sp³-hybridized carbons (Fsp3) is 0.417. The molecule has 0 amide bonds. The first-order valence-electron chi connectivity index (χ1n) is 5.21. The molecule has 0 aromatic heterocycles. The summed E-state index contributed by atoms with van der Waals surface area (Å²) in [7, 11) is 0. The molecule has 5 heteroatoms. The first-order chi connectivity index (χ1) is 8.15. The molecule has 0 bridgehead atoms. The zero-order chi connectivity index (χ0) is 12.7. The van der Waals surface area contributed by atoms with E-state index in [4.69, 9.17) is 0 Å². The number of carbonyl (C=O) groups is 1. The standard InChI is InChI=1S/C12H13F3OS/c13-8-11(15)10(14)6-7-17-12(16)9-4-2-1-3-5-9/h1-5,10-11H,6-8H2. The number of halogens is 3. The maximum absolute atomic E-state index is 12.9. The highest BCUT2D eigenvalue weighted by Gasteiger charge is 2.20. The van der Waals surface area contributed by atoms with Crippen molar-refractivity contribution in [2.75, 3.05) is 12.4 Å². The molecule has 1 aromatic carbocycles. The van der Waals surface area contributed by atoms with Crippen molar-refractivity contribution in [2.45, 2.75) is 18.8 Å². The zero-order valence-electron chi connectivity index (χ0n) is 9.11. The highest BCUT2D eigenvalue weighted by Crippen LogP contribution is 2.17. The van der Waals surface area contributed by atoms with Crippen molar-refractivity contribution in [3.05, 3.63) is 35.9 Å². The molecule has 0 spiro atoms. The minimum Gasteiger partial charge on any atom is -0.282 e. The lowest BCUT2D eigenvalue weighted by atomic mass is 10.2. The fourth-order valence-corrected chi connectivity index (χ4v) is 2.03. The average Bonchev–Trinajstić information content (AvgIpc) is 2.38. The summed E-state index contributed by atoms with van der Waals surface area (Å²) >= 11 is 0.918. The molecule has 0 saturated heterocycles. The molecule has 0 aliphatic rings. The number of thioether (sulfide) groups is 1. The van der Waals surface area contributed by atoms with Crippen LogP contribution < -0.4 is 0 Å². The summed E-state index contributed by atoms with van der Waals surface area (Å²) < 4.78 is 37.2. The van der Waals surface area contributed by atoms with Crippen molar-refractivity contribution in [3.8, 4) is 0 Å². The predicted molar refractivity (Wildman–Crippen MR) is 63.6 cm³/mol. The van der Waals surface area contributed by atoms with E-state index in [0.29, 0.717) is 5.56 Å². The molecule has 0 heterocycles. The van der Waals surface area contributed by atoms with Crippen molar-refractivity contribution in [1.82, 2.24) is 0 Å². The normalized spacial score (nSPS) is 14.3. The largest absolute Gasteiger partial charge is 0.282 e. The van der Waals surface area contributed by atoms with Crippen molar-refractivity contribution >= 4 is 16.9 Å². The Bertz CT molecular complexity index is 345. The smallest absolute Gasteiger partial charge is 0.219 e. The number of alkyl halides is 3. The number of benzene rings is 1. The third-order valence-electron chi connectivity index (χ3n) is 2.18. The van der Waals surface area contributed by atoms with Crippen LogP contribution in [-0.2, 0) is 0 Å². The van der Waals surface area contributed by atoms with Crippen molar-refractivity contribution in [1.29, 1.82) is 0 Å². The molecule has 0 radical (unpaired) electrons. The van der Waals surface area contributed by atoms with Crippen LogP contribution in [0, 0.1) is 0 Å². The molecule has 17 heavy (non-hydrogen) atoms. The van der Waals surface area contributed by atoms with E-state index in [1.807, 2.05) is 0 Å². The monoisotopic (exact) mass is 262 g/mol. The molecule has 0 aliphatic carbocycles. The molecule has 0 saturated carbocycles. The minimum absolute atomic E-state index is 0.148. The molecule has 1 nitrogen and oxygen atoms in total. The maximum Gasteiger partial charge on any atom is 0.219 e. The van der Waals surface area contributed by atoms with Gasteiger partial charge in [-0.1, -0.05) is 42.1 Å². The molecule has 0 aliphatic heterocycles. The number of hydrogen-bond acceptors (Lipinski definition) is 2. The summed E-state index contributed by atoms with van der Waals surface area (Å²) in [5, 5.41) is -0.187. The van der Waals surface area contributed by atoms with Crippen LogP contribution in [-0.4, -0.2) is 29.9 Å². The maximum atomic E-state index is 12.9. The van der Waals surface area contributed by atoms with Gasteiger partial charge in [0.05, 0.1) is 0 Å². The van der Waals surface area contributed by atoms with Crippen molar-refractivity contribution < 1.29 is 18.0 Å². The van der Waals surface area contributed by atoms with Gasteiger partial charge in [-0.2, -0.15) is 0 Å². The Morgan fingerprint density at radius 1 is 1.18 bits per heavy atom. The van der Waals surface area contributed by atoms with E-state index in [0.717, 1.165) is 11.8 Å². The first-order valence-corrected chi connectivity index (χ1v) is 6.20. The summed E-state index contributed by atoms with van der Waals surface area (Å²) in [5.41, 5.74) is 0.523. The molecular formula is C12H13F3OS. The second kappa shape index (κ2) is 7.37. The van der Waals surface area contributed by atoms with Gasteiger partial charge in [0.1, 0.15) is 12.8 Å². The molecule has 94 valence electrons. The predicted octanol–water partition coefficient (Wildman–Crippen LogP) is 3.60. The summed E-state index contributed by atoms with van der Waals surface area (Å²) in [6, 6.07) is 8.55. The fourth-order valence-electron chi connectivity index (χ4n) is 1.20. The molecule has 0 N–H and O–H groups in total. The topological polar surface area (TPSA) is 17.1 Å². The van der Waals surface area contributed by atoms with Gasteiger partial charge in [0.2, 0.25) is 5.12 Å². The Kier molecular flexibility index (Phi) is 6.11. The van der Waals surface area contributed by atoms with Gasteiger partial charge >= 0.3 is 0 Å². The Labute approximate surface area is 102 Å². The summed E-state index contributed by atoms with van der Waals surface area (Å²) in [5.74, 6) is 0.148. The Morgan fingerprint density at radius 3 is 2.41 bits per heavy atom. The Balaban J connectivity index is 2.30. The molecular weight excluding hydrogens is 249 g/mol. The molecule has 1 rings (SSSR count). The van der Waals surface area contributed by atoms with Crippen LogP contribution in [0.2, 0.25) is 0 Å². The van der Waals surface area contributed by atoms with Gasteiger partial charge in [-0.15, -0.1) is 0 Å². The van der Waals surface area contributed by atoms with Gasteiger partial charge in [-0.25, -0.2) is 13.2 Å². The van der Waals surface area contributed by atoms with Crippen LogP contribution in [0.1, 0.15) is 16.8 Å². The van der Waals surface area contributed by atoms with E-state index in [1.54, 1.807) is 30.3 Å². The van der Waals surface area contributed by atoms with Gasteiger partial charge < -0.3 is 0 Å². The molecule has 2 atom stereocenters. The minimum atomic E-state index is -2.08. The highest BCUT2D eigenvalue weighted by molar-refractivity contribution is 8.14. The summed E-state index contributed by atoms with van der Waals surface area (Å²) in [6.45, 7) is -1.32. The number of hydrogen-bond donors (Lipinski definition) is 0. The van der Waals surface area contributed by atoms with Gasteiger partial charge in [-0.3, -0.25) is 4.79 Å². The van der Waals surface area contributed by atoms with E-state index >= 15 is 0 Å². The Morgan fingerprint density at radius 2 is 1.82 bits per heavy atom. The number of rotatable bonds is 6. The van der Waals surface area contributed by atoms with Crippen molar-refractivity contribution in [2.24, 2.45) is 0 Å². The molecule has 2 unspecified atom stereocenters. The van der Waals surface area contributed by atoms with Crippen LogP contribution in [0.25, 0.3) is 0 Å². The van der Waals surface area contributed by atoms with Crippen LogP contribution in [0.15, 0.2) is 30.3 Å². The van der Waals surface area contributed by atoms with Gasteiger partial charge in [0, 0.05) is 11.3 Å². The molecule has 0 fully saturated rings. The van der Waals surface area contributed by atoms with Crippen LogP contribution >= 0.6 is 11.8 Å². The van der Waals surface area contributed by atoms with Gasteiger partial charge in [0.25, 0.3) is 0 Å². The van der Waals surface area contributed by atoms with Gasteiger partial charge in [0.15, 0.2) is 6.17 Å². The van der Waals surface area contributed by atoms with Crippen LogP contribution in [0.5, 0.6) is 0 Å². The lowest BCUT2D eigenvalue weighted by Crippen LogP contribution is -2.20. The van der Waals surface area contributed by atoms with E-state index in [2.05, 4.69) is 0 Å². The highest BCUT2D eigenvalue weighted by atomic mass is 32.2. The lowest BCUT2D eigenvalue weighted by molar-refractivity contribution is 0.108. The second-order valence-electron chi connectivity index (χ2n) is 3.48. The van der Waals surface area contributed by atoms with E-state index in [1.165, 1.54) is 0 Å². The third-order valence-corrected chi connectivity index (χ3v) is 3.11.